The number of hydrogen-bond acceptors (Lipinski definition) is 7. The van der Waals surface area contributed by atoms with Crippen molar-refractivity contribution in [3.8, 4) is 28.8 Å². The molecule has 7 nitrogen and oxygen atoms in total. The molecule has 0 atom stereocenters. The Labute approximate surface area is 158 Å². The molecule has 27 heavy (non-hydrogen) atoms. The third-order valence-electron chi connectivity index (χ3n) is 3.74. The van der Waals surface area contributed by atoms with Gasteiger partial charge < -0.3 is 9.84 Å². The molecule has 1 heterocycles. The summed E-state index contributed by atoms with van der Waals surface area (Å²) in [6, 6.07) is 13.0. The molecule has 0 aliphatic heterocycles. The largest absolute Gasteiger partial charge is 0.504 e. The van der Waals surface area contributed by atoms with Gasteiger partial charge in [0.15, 0.2) is 11.5 Å². The normalized spacial score (nSPS) is 11.0. The van der Waals surface area contributed by atoms with Crippen LogP contribution in [0.15, 0.2) is 47.8 Å². The van der Waals surface area contributed by atoms with Crippen LogP contribution in [0.2, 0.25) is 0 Å². The van der Waals surface area contributed by atoms with E-state index < -0.39 is 4.92 Å². The van der Waals surface area contributed by atoms with Crippen molar-refractivity contribution in [3.05, 3.63) is 68.5 Å². The standard InChI is InChI=1S/C19H13N3O4S/c1-26-18-7-2-12(9-17(18)23)8-14(10-20)19-21-16(11-27-19)13-3-5-15(6-4-13)22(24)25/h2-9,11,23H,1H3. The van der Waals surface area contributed by atoms with E-state index in [4.69, 9.17) is 4.74 Å². The molecule has 3 aromatic rings. The highest BCUT2D eigenvalue weighted by atomic mass is 32.1. The Kier molecular flexibility index (Phi) is 5.15. The number of benzene rings is 2. The molecule has 0 aliphatic carbocycles. The predicted octanol–water partition coefficient (Wildman–Crippen LogP) is 4.50. The molecule has 0 aliphatic rings. The summed E-state index contributed by atoms with van der Waals surface area (Å²) in [5.41, 5.74) is 2.34. The molecule has 0 saturated carbocycles. The van der Waals surface area contributed by atoms with Gasteiger partial charge in [-0.25, -0.2) is 4.98 Å². The molecule has 134 valence electrons. The van der Waals surface area contributed by atoms with Gasteiger partial charge in [-0.15, -0.1) is 11.3 Å². The maximum absolute atomic E-state index is 10.7. The van der Waals surface area contributed by atoms with Gasteiger partial charge in [0, 0.05) is 23.1 Å². The number of non-ortho nitro benzene ring substituents is 1. The predicted molar refractivity (Wildman–Crippen MR) is 102 cm³/mol. The molecule has 0 spiro atoms. The van der Waals surface area contributed by atoms with Gasteiger partial charge in [-0.05, 0) is 35.9 Å². The number of aromatic nitrogens is 1. The Morgan fingerprint density at radius 1 is 1.33 bits per heavy atom. The first-order chi connectivity index (χ1) is 13.0. The summed E-state index contributed by atoms with van der Waals surface area (Å²) in [7, 11) is 1.46. The highest BCUT2D eigenvalue weighted by Gasteiger charge is 2.11. The van der Waals surface area contributed by atoms with Crippen LogP contribution in [0.4, 0.5) is 5.69 Å². The second-order valence-corrected chi connectivity index (χ2v) is 6.30. The third-order valence-corrected chi connectivity index (χ3v) is 4.62. The number of nitro groups is 1. The van der Waals surface area contributed by atoms with Crippen LogP contribution in [-0.2, 0) is 0 Å². The fraction of sp³-hybridized carbons (Fsp3) is 0.0526. The zero-order valence-corrected chi connectivity index (χ0v) is 14.9. The number of phenolic OH excluding ortho intramolecular Hbond substituents is 1. The minimum Gasteiger partial charge on any atom is -0.504 e. The van der Waals surface area contributed by atoms with Gasteiger partial charge in [-0.3, -0.25) is 10.1 Å². The van der Waals surface area contributed by atoms with E-state index in [1.54, 1.807) is 35.7 Å². The Morgan fingerprint density at radius 3 is 2.67 bits per heavy atom. The van der Waals surface area contributed by atoms with Crippen LogP contribution in [0.25, 0.3) is 22.9 Å². The average Bonchev–Trinajstić information content (AvgIpc) is 3.16. The van der Waals surface area contributed by atoms with E-state index in [-0.39, 0.29) is 11.4 Å². The van der Waals surface area contributed by atoms with Gasteiger partial charge in [0.1, 0.15) is 11.1 Å². The van der Waals surface area contributed by atoms with Gasteiger partial charge in [0.2, 0.25) is 0 Å². The smallest absolute Gasteiger partial charge is 0.269 e. The highest BCUT2D eigenvalue weighted by Crippen LogP contribution is 2.30. The Morgan fingerprint density at radius 2 is 2.07 bits per heavy atom. The highest BCUT2D eigenvalue weighted by molar-refractivity contribution is 7.11. The van der Waals surface area contributed by atoms with Crippen LogP contribution >= 0.6 is 11.3 Å². The number of ether oxygens (including phenoxy) is 1. The number of methoxy groups -OCH3 is 1. The van der Waals surface area contributed by atoms with E-state index in [1.165, 1.54) is 36.6 Å². The van der Waals surface area contributed by atoms with Crippen LogP contribution in [0.5, 0.6) is 11.5 Å². The molecule has 2 aromatic carbocycles. The first kappa shape index (κ1) is 18.1. The molecule has 0 amide bonds. The van der Waals surface area contributed by atoms with Crippen LogP contribution < -0.4 is 4.74 Å². The lowest BCUT2D eigenvalue weighted by molar-refractivity contribution is -0.384. The number of nitro benzene ring substituents is 1. The van der Waals surface area contributed by atoms with Crippen molar-refractivity contribution >= 4 is 28.7 Å². The first-order valence-electron chi connectivity index (χ1n) is 7.71. The maximum Gasteiger partial charge on any atom is 0.269 e. The number of nitriles is 1. The first-order valence-corrected chi connectivity index (χ1v) is 8.59. The van der Waals surface area contributed by atoms with Gasteiger partial charge in [-0.1, -0.05) is 6.07 Å². The monoisotopic (exact) mass is 379 g/mol. The Hall–Kier alpha value is -3.70. The van der Waals surface area contributed by atoms with Gasteiger partial charge >= 0.3 is 0 Å². The van der Waals surface area contributed by atoms with Gasteiger partial charge in [0.05, 0.1) is 23.3 Å². The fourth-order valence-electron chi connectivity index (χ4n) is 2.39. The lowest BCUT2D eigenvalue weighted by Crippen LogP contribution is -1.87. The molecular formula is C19H13N3O4S. The van der Waals surface area contributed by atoms with Crippen molar-refractivity contribution in [2.45, 2.75) is 0 Å². The van der Waals surface area contributed by atoms with E-state index in [9.17, 15) is 20.5 Å². The minimum atomic E-state index is -0.461. The summed E-state index contributed by atoms with van der Waals surface area (Å²) >= 11 is 1.30. The molecular weight excluding hydrogens is 366 g/mol. The SMILES string of the molecule is COc1ccc(C=C(C#N)c2nc(-c3ccc([N+](=O)[O-])cc3)cs2)cc1O. The molecule has 0 saturated heterocycles. The summed E-state index contributed by atoms with van der Waals surface area (Å²) in [5.74, 6) is 0.328. The summed E-state index contributed by atoms with van der Waals surface area (Å²) in [5, 5.41) is 32.4. The van der Waals surface area contributed by atoms with Crippen LogP contribution in [0.3, 0.4) is 0 Å². The second-order valence-electron chi connectivity index (χ2n) is 5.44. The zero-order valence-electron chi connectivity index (χ0n) is 14.1. The second kappa shape index (κ2) is 7.68. The lowest BCUT2D eigenvalue weighted by Gasteiger charge is -2.03. The van der Waals surface area contributed by atoms with Crippen molar-refractivity contribution in [3.63, 3.8) is 0 Å². The molecule has 8 heteroatoms. The molecule has 0 unspecified atom stereocenters. The van der Waals surface area contributed by atoms with Crippen LogP contribution in [-0.4, -0.2) is 22.1 Å². The van der Waals surface area contributed by atoms with Crippen molar-refractivity contribution in [1.82, 2.24) is 4.98 Å². The van der Waals surface area contributed by atoms with E-state index in [0.717, 1.165) is 5.56 Å². The van der Waals surface area contributed by atoms with Crippen molar-refractivity contribution in [2.24, 2.45) is 0 Å². The summed E-state index contributed by atoms with van der Waals surface area (Å²) in [4.78, 5) is 14.7. The van der Waals surface area contributed by atoms with Gasteiger partial charge in [0.25, 0.3) is 5.69 Å². The number of aromatic hydroxyl groups is 1. The lowest BCUT2D eigenvalue weighted by atomic mass is 10.1. The van der Waals surface area contributed by atoms with E-state index in [2.05, 4.69) is 11.1 Å². The summed E-state index contributed by atoms with van der Waals surface area (Å²) in [6.07, 6.45) is 1.62. The molecule has 1 aromatic heterocycles. The number of hydrogen-bond donors (Lipinski definition) is 1. The van der Waals surface area contributed by atoms with Crippen molar-refractivity contribution in [2.75, 3.05) is 7.11 Å². The number of rotatable bonds is 5. The molecule has 0 fully saturated rings. The number of phenols is 1. The average molecular weight is 379 g/mol. The molecule has 3 rings (SSSR count). The molecule has 1 N–H and O–H groups in total. The number of thiazole rings is 1. The minimum absolute atomic E-state index is 0.00567. The summed E-state index contributed by atoms with van der Waals surface area (Å²) in [6.45, 7) is 0. The van der Waals surface area contributed by atoms with E-state index in [0.29, 0.717) is 27.6 Å². The summed E-state index contributed by atoms with van der Waals surface area (Å²) < 4.78 is 5.00. The molecule has 0 bridgehead atoms. The number of nitrogens with zero attached hydrogens (tertiary/aromatic N) is 3. The fourth-order valence-corrected chi connectivity index (χ4v) is 3.18. The Bertz CT molecular complexity index is 1070. The van der Waals surface area contributed by atoms with Crippen molar-refractivity contribution in [1.29, 1.82) is 5.26 Å². The molecule has 0 radical (unpaired) electrons. The topological polar surface area (TPSA) is 109 Å². The van der Waals surface area contributed by atoms with E-state index >= 15 is 0 Å². The van der Waals surface area contributed by atoms with E-state index in [1.807, 2.05) is 0 Å². The van der Waals surface area contributed by atoms with Crippen LogP contribution in [0.1, 0.15) is 10.6 Å². The number of allylic oxidation sites excluding steroid dienone is 1. The Balaban J connectivity index is 1.90. The van der Waals surface area contributed by atoms with Crippen LogP contribution in [0, 0.1) is 21.4 Å². The van der Waals surface area contributed by atoms with Gasteiger partial charge in [-0.2, -0.15) is 5.26 Å². The zero-order chi connectivity index (χ0) is 19.4. The quantitative estimate of drug-likeness (QED) is 0.397. The van der Waals surface area contributed by atoms with Crippen molar-refractivity contribution < 1.29 is 14.8 Å². The third kappa shape index (κ3) is 3.94. The maximum atomic E-state index is 10.7.